The summed E-state index contributed by atoms with van der Waals surface area (Å²) in [5.74, 6) is 3.22. The van der Waals surface area contributed by atoms with Gasteiger partial charge in [0.05, 0.1) is 0 Å². The lowest BCUT2D eigenvalue weighted by Crippen LogP contribution is -2.45. The van der Waals surface area contributed by atoms with Gasteiger partial charge >= 0.3 is 0 Å². The Morgan fingerprint density at radius 2 is 1.93 bits per heavy atom. The molecule has 0 aliphatic heterocycles. The molecule has 3 fully saturated rings. The minimum atomic E-state index is 0.801. The van der Waals surface area contributed by atoms with Gasteiger partial charge in [-0.05, 0) is 56.8 Å². The Balaban J connectivity index is 1.54. The van der Waals surface area contributed by atoms with Crippen LogP contribution >= 0.6 is 0 Å². The summed E-state index contributed by atoms with van der Waals surface area (Å²) in [6.07, 6.45) is 10.5. The van der Waals surface area contributed by atoms with E-state index in [0.29, 0.717) is 0 Å². The largest absolute Gasteiger partial charge is 0.311 e. The van der Waals surface area contributed by atoms with Gasteiger partial charge in [-0.25, -0.2) is 0 Å². The highest BCUT2D eigenvalue weighted by molar-refractivity contribution is 4.95. The van der Waals surface area contributed by atoms with Crippen LogP contribution in [0.25, 0.3) is 0 Å². The first-order valence-corrected chi connectivity index (χ1v) is 6.59. The van der Waals surface area contributed by atoms with Crippen LogP contribution in [-0.4, -0.2) is 12.1 Å². The second kappa shape index (κ2) is 3.52. The minimum absolute atomic E-state index is 0.801. The van der Waals surface area contributed by atoms with Crippen molar-refractivity contribution >= 4 is 0 Å². The van der Waals surface area contributed by atoms with E-state index in [4.69, 9.17) is 0 Å². The molecule has 0 heterocycles. The van der Waals surface area contributed by atoms with Gasteiger partial charge < -0.3 is 5.32 Å². The van der Waals surface area contributed by atoms with E-state index in [1.807, 2.05) is 0 Å². The van der Waals surface area contributed by atoms with E-state index in [-0.39, 0.29) is 0 Å². The van der Waals surface area contributed by atoms with Gasteiger partial charge in [0, 0.05) is 12.1 Å². The molecule has 14 heavy (non-hydrogen) atoms. The van der Waals surface area contributed by atoms with E-state index in [9.17, 15) is 0 Å². The molecular weight excluding hydrogens is 170 g/mol. The monoisotopic (exact) mass is 193 g/mol. The zero-order valence-electron chi connectivity index (χ0n) is 9.34. The fraction of sp³-hybridized carbons (Fsp3) is 1.00. The van der Waals surface area contributed by atoms with Crippen molar-refractivity contribution in [2.45, 2.75) is 64.0 Å². The lowest BCUT2D eigenvalue weighted by molar-refractivity contribution is 0.214. The van der Waals surface area contributed by atoms with Gasteiger partial charge in [-0.1, -0.05) is 12.8 Å². The molecule has 2 bridgehead atoms. The molecule has 3 saturated carbocycles. The predicted molar refractivity (Wildman–Crippen MR) is 59.2 cm³/mol. The molecule has 80 valence electrons. The van der Waals surface area contributed by atoms with E-state index in [0.717, 1.165) is 29.8 Å². The minimum Gasteiger partial charge on any atom is -0.311 e. The molecule has 0 amide bonds. The molecule has 3 aliphatic rings. The van der Waals surface area contributed by atoms with Gasteiger partial charge in [-0.15, -0.1) is 0 Å². The third kappa shape index (κ3) is 1.50. The van der Waals surface area contributed by atoms with Gasteiger partial charge in [0.1, 0.15) is 0 Å². The van der Waals surface area contributed by atoms with Crippen molar-refractivity contribution in [3.8, 4) is 0 Å². The standard InChI is InChI=1S/C13H23N/c1-9(14-12-3-2-4-12)13-8-10-5-6-11(13)7-10/h9-14H,2-8H2,1H3/t9-,10+,11+,13+/m0/s1. The predicted octanol–water partition coefficient (Wildman–Crippen LogP) is 2.95. The summed E-state index contributed by atoms with van der Waals surface area (Å²) in [7, 11) is 0. The van der Waals surface area contributed by atoms with Crippen molar-refractivity contribution < 1.29 is 0 Å². The molecule has 3 rings (SSSR count). The number of rotatable bonds is 3. The van der Waals surface area contributed by atoms with Crippen LogP contribution in [0.4, 0.5) is 0 Å². The zero-order chi connectivity index (χ0) is 9.54. The van der Waals surface area contributed by atoms with Crippen LogP contribution in [-0.2, 0) is 0 Å². The SMILES string of the molecule is C[C@H](NC1CCC1)[C@H]1C[C@@H]2CC[C@@H]1C2. The van der Waals surface area contributed by atoms with Crippen LogP contribution in [0.3, 0.4) is 0 Å². The maximum absolute atomic E-state index is 3.84. The number of hydrogen-bond acceptors (Lipinski definition) is 1. The van der Waals surface area contributed by atoms with E-state index in [1.54, 1.807) is 6.42 Å². The van der Waals surface area contributed by atoms with E-state index >= 15 is 0 Å². The normalized spacial score (nSPS) is 43.9. The Bertz CT molecular complexity index is 209. The number of nitrogens with one attached hydrogen (secondary N) is 1. The second-order valence-corrected chi connectivity index (χ2v) is 5.92. The van der Waals surface area contributed by atoms with Crippen molar-refractivity contribution in [1.82, 2.24) is 5.32 Å². The Hall–Kier alpha value is -0.0400. The topological polar surface area (TPSA) is 12.0 Å². The quantitative estimate of drug-likeness (QED) is 0.726. The molecule has 1 nitrogen and oxygen atoms in total. The van der Waals surface area contributed by atoms with E-state index in [1.165, 1.54) is 38.5 Å². The summed E-state index contributed by atoms with van der Waals surface area (Å²) in [5.41, 5.74) is 0. The summed E-state index contributed by atoms with van der Waals surface area (Å²) >= 11 is 0. The Morgan fingerprint density at radius 3 is 2.43 bits per heavy atom. The fourth-order valence-electron chi connectivity index (χ4n) is 3.98. The summed E-state index contributed by atoms with van der Waals surface area (Å²) in [4.78, 5) is 0. The third-order valence-corrected chi connectivity index (χ3v) is 5.04. The zero-order valence-corrected chi connectivity index (χ0v) is 9.34. The summed E-state index contributed by atoms with van der Waals surface area (Å²) in [6, 6.07) is 1.68. The molecule has 3 aliphatic carbocycles. The Kier molecular flexibility index (Phi) is 2.31. The van der Waals surface area contributed by atoms with Gasteiger partial charge in [0.25, 0.3) is 0 Å². The van der Waals surface area contributed by atoms with Crippen molar-refractivity contribution in [2.75, 3.05) is 0 Å². The van der Waals surface area contributed by atoms with Crippen LogP contribution in [0.5, 0.6) is 0 Å². The van der Waals surface area contributed by atoms with Crippen molar-refractivity contribution in [3.05, 3.63) is 0 Å². The van der Waals surface area contributed by atoms with Crippen molar-refractivity contribution in [3.63, 3.8) is 0 Å². The molecule has 0 aromatic heterocycles. The van der Waals surface area contributed by atoms with Crippen LogP contribution in [0.15, 0.2) is 0 Å². The maximum Gasteiger partial charge on any atom is 0.00723 e. The molecular formula is C13H23N. The highest BCUT2D eigenvalue weighted by Crippen LogP contribution is 2.49. The lowest BCUT2D eigenvalue weighted by Gasteiger charge is -2.35. The van der Waals surface area contributed by atoms with Gasteiger partial charge in [-0.3, -0.25) is 0 Å². The fourth-order valence-corrected chi connectivity index (χ4v) is 3.98. The van der Waals surface area contributed by atoms with Crippen molar-refractivity contribution in [2.24, 2.45) is 17.8 Å². The summed E-state index contributed by atoms with van der Waals surface area (Å²) < 4.78 is 0. The second-order valence-electron chi connectivity index (χ2n) is 5.92. The van der Waals surface area contributed by atoms with Gasteiger partial charge in [0.15, 0.2) is 0 Å². The van der Waals surface area contributed by atoms with Crippen LogP contribution < -0.4 is 5.32 Å². The highest BCUT2D eigenvalue weighted by Gasteiger charge is 2.42. The van der Waals surface area contributed by atoms with Gasteiger partial charge in [-0.2, -0.15) is 0 Å². The molecule has 1 N–H and O–H groups in total. The van der Waals surface area contributed by atoms with Crippen LogP contribution in [0.1, 0.15) is 51.9 Å². The number of fused-ring (bicyclic) bond motifs is 2. The molecule has 0 aromatic rings. The molecule has 0 spiro atoms. The molecule has 0 unspecified atom stereocenters. The first-order chi connectivity index (χ1) is 6.83. The highest BCUT2D eigenvalue weighted by atomic mass is 15.0. The Labute approximate surface area is 87.7 Å². The summed E-state index contributed by atoms with van der Waals surface area (Å²) in [5, 5.41) is 3.84. The smallest absolute Gasteiger partial charge is 0.00723 e. The average Bonchev–Trinajstić information content (AvgIpc) is 2.71. The molecule has 0 saturated heterocycles. The first-order valence-electron chi connectivity index (χ1n) is 6.59. The maximum atomic E-state index is 3.84. The first kappa shape index (κ1) is 9.21. The molecule has 0 radical (unpaired) electrons. The molecule has 0 aromatic carbocycles. The summed E-state index contributed by atoms with van der Waals surface area (Å²) in [6.45, 7) is 2.43. The van der Waals surface area contributed by atoms with Crippen LogP contribution in [0.2, 0.25) is 0 Å². The molecule has 1 heteroatoms. The average molecular weight is 193 g/mol. The van der Waals surface area contributed by atoms with Crippen LogP contribution in [0, 0.1) is 17.8 Å². The molecule has 4 atom stereocenters. The van der Waals surface area contributed by atoms with E-state index < -0.39 is 0 Å². The van der Waals surface area contributed by atoms with Gasteiger partial charge in [0.2, 0.25) is 0 Å². The van der Waals surface area contributed by atoms with E-state index in [2.05, 4.69) is 12.2 Å². The van der Waals surface area contributed by atoms with Crippen molar-refractivity contribution in [1.29, 1.82) is 0 Å². The number of hydrogen-bond donors (Lipinski definition) is 1. The third-order valence-electron chi connectivity index (χ3n) is 5.04. The Morgan fingerprint density at radius 1 is 1.07 bits per heavy atom. The lowest BCUT2D eigenvalue weighted by atomic mass is 9.82.